The fraction of sp³-hybridized carbons (Fsp3) is 0.667. The van der Waals surface area contributed by atoms with E-state index in [0.29, 0.717) is 12.6 Å². The van der Waals surface area contributed by atoms with E-state index in [2.05, 4.69) is 46.8 Å². The van der Waals surface area contributed by atoms with Gasteiger partial charge in [-0.15, -0.1) is 11.3 Å². The van der Waals surface area contributed by atoms with Gasteiger partial charge < -0.3 is 5.73 Å². The second kappa shape index (κ2) is 7.43. The molecule has 16 heavy (non-hydrogen) atoms. The Morgan fingerprint density at radius 1 is 1.44 bits per heavy atom. The molecule has 0 bridgehead atoms. The molecule has 0 radical (unpaired) electrons. The molecule has 0 amide bonds. The lowest BCUT2D eigenvalue weighted by Crippen LogP contribution is -2.33. The topological polar surface area (TPSA) is 29.3 Å². The molecule has 1 aromatic heterocycles. The second-order valence-corrected chi connectivity index (χ2v) is 6.37. The van der Waals surface area contributed by atoms with Crippen molar-refractivity contribution >= 4 is 27.3 Å². The van der Waals surface area contributed by atoms with Crippen LogP contribution in [0.4, 0.5) is 0 Å². The summed E-state index contributed by atoms with van der Waals surface area (Å²) in [6.45, 7) is 7.35. The molecule has 0 aliphatic heterocycles. The Balaban J connectivity index is 2.70. The fourth-order valence-corrected chi connectivity index (χ4v) is 3.42. The molecular formula is C12H21BrN2S. The van der Waals surface area contributed by atoms with E-state index < -0.39 is 0 Å². The molecule has 0 aliphatic carbocycles. The van der Waals surface area contributed by atoms with Crippen LogP contribution in [-0.2, 0) is 0 Å². The lowest BCUT2D eigenvalue weighted by Gasteiger charge is -2.28. The first kappa shape index (κ1) is 14.2. The van der Waals surface area contributed by atoms with Crippen LogP contribution in [0.2, 0.25) is 0 Å². The quantitative estimate of drug-likeness (QED) is 0.833. The summed E-state index contributed by atoms with van der Waals surface area (Å²) >= 11 is 5.31. The van der Waals surface area contributed by atoms with Crippen LogP contribution in [0.1, 0.15) is 37.6 Å². The van der Waals surface area contributed by atoms with Gasteiger partial charge in [-0.3, -0.25) is 4.90 Å². The third kappa shape index (κ3) is 3.84. The summed E-state index contributed by atoms with van der Waals surface area (Å²) in [5.41, 5.74) is 5.91. The van der Waals surface area contributed by atoms with Gasteiger partial charge in [-0.25, -0.2) is 0 Å². The van der Waals surface area contributed by atoms with Crippen LogP contribution in [0.15, 0.2) is 15.9 Å². The van der Waals surface area contributed by atoms with Crippen molar-refractivity contribution in [3.63, 3.8) is 0 Å². The van der Waals surface area contributed by atoms with E-state index in [1.165, 1.54) is 21.5 Å². The minimum atomic E-state index is 0.382. The Morgan fingerprint density at radius 2 is 2.19 bits per heavy atom. The van der Waals surface area contributed by atoms with Gasteiger partial charge in [0.1, 0.15) is 0 Å². The van der Waals surface area contributed by atoms with Crippen molar-refractivity contribution in [1.29, 1.82) is 0 Å². The molecule has 0 saturated carbocycles. The van der Waals surface area contributed by atoms with Crippen molar-refractivity contribution in [2.75, 3.05) is 19.6 Å². The van der Waals surface area contributed by atoms with Gasteiger partial charge in [-0.2, -0.15) is 0 Å². The molecule has 1 rings (SSSR count). The Labute approximate surface area is 111 Å². The van der Waals surface area contributed by atoms with Crippen molar-refractivity contribution < 1.29 is 0 Å². The molecule has 4 heteroatoms. The summed E-state index contributed by atoms with van der Waals surface area (Å²) < 4.78 is 1.19. The van der Waals surface area contributed by atoms with Gasteiger partial charge in [0.05, 0.1) is 9.83 Å². The van der Waals surface area contributed by atoms with Crippen LogP contribution in [0.5, 0.6) is 0 Å². The minimum absolute atomic E-state index is 0.382. The number of hydrogen-bond acceptors (Lipinski definition) is 3. The lowest BCUT2D eigenvalue weighted by molar-refractivity contribution is 0.212. The van der Waals surface area contributed by atoms with Crippen LogP contribution >= 0.6 is 27.3 Å². The Bertz CT molecular complexity index is 301. The molecule has 0 aromatic carbocycles. The first-order valence-corrected chi connectivity index (χ1v) is 7.53. The number of nitrogens with zero attached hydrogens (tertiary/aromatic N) is 1. The predicted molar refractivity (Wildman–Crippen MR) is 76.0 cm³/mol. The van der Waals surface area contributed by atoms with Crippen molar-refractivity contribution in [2.45, 2.75) is 32.7 Å². The SMILES string of the molecule is CCCCN(CC)C(CN)c1ccc(Br)s1. The molecule has 1 unspecified atom stereocenters. The third-order valence-corrected chi connectivity index (χ3v) is 4.52. The van der Waals surface area contributed by atoms with Crippen LogP contribution in [0.3, 0.4) is 0 Å². The maximum atomic E-state index is 5.91. The molecule has 1 atom stereocenters. The molecule has 0 spiro atoms. The van der Waals surface area contributed by atoms with Gasteiger partial charge in [0.2, 0.25) is 0 Å². The Kier molecular flexibility index (Phi) is 6.58. The summed E-state index contributed by atoms with van der Waals surface area (Å²) in [5.74, 6) is 0. The molecule has 2 N–H and O–H groups in total. The monoisotopic (exact) mass is 304 g/mol. The highest BCUT2D eigenvalue weighted by Gasteiger charge is 2.18. The summed E-state index contributed by atoms with van der Waals surface area (Å²) in [6, 6.07) is 4.67. The Morgan fingerprint density at radius 3 is 2.62 bits per heavy atom. The molecule has 1 aromatic rings. The van der Waals surface area contributed by atoms with E-state index in [4.69, 9.17) is 5.73 Å². The van der Waals surface area contributed by atoms with Crippen LogP contribution in [0, 0.1) is 0 Å². The number of rotatable bonds is 7. The van der Waals surface area contributed by atoms with Crippen LogP contribution in [0.25, 0.3) is 0 Å². The van der Waals surface area contributed by atoms with E-state index in [0.717, 1.165) is 13.1 Å². The van der Waals surface area contributed by atoms with Crippen LogP contribution < -0.4 is 5.73 Å². The van der Waals surface area contributed by atoms with Crippen LogP contribution in [-0.4, -0.2) is 24.5 Å². The zero-order valence-corrected chi connectivity index (χ0v) is 12.5. The van der Waals surface area contributed by atoms with Crippen molar-refractivity contribution in [3.8, 4) is 0 Å². The van der Waals surface area contributed by atoms with E-state index in [1.807, 2.05) is 0 Å². The summed E-state index contributed by atoms with van der Waals surface area (Å²) in [4.78, 5) is 3.84. The zero-order chi connectivity index (χ0) is 12.0. The predicted octanol–water partition coefficient (Wildman–Crippen LogP) is 3.63. The summed E-state index contributed by atoms with van der Waals surface area (Å²) in [6.07, 6.45) is 2.48. The number of hydrogen-bond donors (Lipinski definition) is 1. The number of nitrogens with two attached hydrogens (primary N) is 1. The first-order valence-electron chi connectivity index (χ1n) is 5.92. The summed E-state index contributed by atoms with van der Waals surface area (Å²) in [7, 11) is 0. The second-order valence-electron chi connectivity index (χ2n) is 3.88. The molecule has 92 valence electrons. The average Bonchev–Trinajstić information content (AvgIpc) is 2.70. The van der Waals surface area contributed by atoms with Crippen molar-refractivity contribution in [1.82, 2.24) is 4.90 Å². The standard InChI is InChI=1S/C12H21BrN2S/c1-3-5-8-15(4-2)10(9-14)11-6-7-12(13)16-11/h6-7,10H,3-5,8-9,14H2,1-2H3. The molecule has 2 nitrogen and oxygen atoms in total. The molecular weight excluding hydrogens is 284 g/mol. The highest BCUT2D eigenvalue weighted by molar-refractivity contribution is 9.11. The van der Waals surface area contributed by atoms with Gasteiger partial charge in [-0.1, -0.05) is 20.3 Å². The maximum Gasteiger partial charge on any atom is 0.0702 e. The molecule has 0 saturated heterocycles. The van der Waals surface area contributed by atoms with Gasteiger partial charge in [0, 0.05) is 11.4 Å². The molecule has 0 fully saturated rings. The van der Waals surface area contributed by atoms with Crippen molar-refractivity contribution in [2.24, 2.45) is 5.73 Å². The van der Waals surface area contributed by atoms with E-state index in [1.54, 1.807) is 11.3 Å². The Hall–Kier alpha value is 0.1000. The van der Waals surface area contributed by atoms with Gasteiger partial charge in [0.25, 0.3) is 0 Å². The number of halogens is 1. The fourth-order valence-electron chi connectivity index (χ4n) is 1.85. The maximum absolute atomic E-state index is 5.91. The minimum Gasteiger partial charge on any atom is -0.329 e. The van der Waals surface area contributed by atoms with E-state index in [9.17, 15) is 0 Å². The first-order chi connectivity index (χ1) is 7.72. The highest BCUT2D eigenvalue weighted by atomic mass is 79.9. The third-order valence-electron chi connectivity index (χ3n) is 2.79. The highest BCUT2D eigenvalue weighted by Crippen LogP contribution is 2.30. The van der Waals surface area contributed by atoms with E-state index in [-0.39, 0.29) is 0 Å². The largest absolute Gasteiger partial charge is 0.329 e. The molecule has 1 heterocycles. The van der Waals surface area contributed by atoms with Gasteiger partial charge in [-0.05, 0) is 47.6 Å². The number of likely N-dealkylation sites (N-methyl/N-ethyl adjacent to an activating group) is 1. The lowest BCUT2D eigenvalue weighted by atomic mass is 10.2. The van der Waals surface area contributed by atoms with E-state index >= 15 is 0 Å². The smallest absolute Gasteiger partial charge is 0.0702 e. The zero-order valence-electron chi connectivity index (χ0n) is 10.1. The van der Waals surface area contributed by atoms with Crippen molar-refractivity contribution in [3.05, 3.63) is 20.8 Å². The normalized spacial score (nSPS) is 13.3. The van der Waals surface area contributed by atoms with Gasteiger partial charge in [0.15, 0.2) is 0 Å². The summed E-state index contributed by atoms with van der Waals surface area (Å²) in [5, 5.41) is 0. The van der Waals surface area contributed by atoms with Gasteiger partial charge >= 0.3 is 0 Å². The number of unbranched alkanes of at least 4 members (excludes halogenated alkanes) is 1. The average molecular weight is 305 g/mol. The number of thiophene rings is 1. The molecule has 0 aliphatic rings.